The summed E-state index contributed by atoms with van der Waals surface area (Å²) in [5, 5.41) is 3.72. The zero-order valence-corrected chi connectivity index (χ0v) is 6.68. The first-order valence-electron chi connectivity index (χ1n) is 3.46. The summed E-state index contributed by atoms with van der Waals surface area (Å²) in [6.45, 7) is 6.64. The van der Waals surface area contributed by atoms with E-state index in [1.807, 2.05) is 20.8 Å². The summed E-state index contributed by atoms with van der Waals surface area (Å²) in [4.78, 5) is 4.77. The molecule has 3 nitrogen and oxygen atoms in total. The summed E-state index contributed by atoms with van der Waals surface area (Å²) >= 11 is 0. The molecule has 58 valence electrons. The van der Waals surface area contributed by atoms with Crippen LogP contribution in [0.4, 0.5) is 0 Å². The van der Waals surface area contributed by atoms with Crippen molar-refractivity contribution in [3.05, 3.63) is 0 Å². The van der Waals surface area contributed by atoms with Gasteiger partial charge in [-0.05, 0) is 20.8 Å². The number of oxime groups is 1. The second-order valence-electron chi connectivity index (χ2n) is 3.28. The summed E-state index contributed by atoms with van der Waals surface area (Å²) < 4.78 is 5.42. The highest BCUT2D eigenvalue weighted by Gasteiger charge is 2.17. The van der Waals surface area contributed by atoms with Gasteiger partial charge in [-0.3, -0.25) is 0 Å². The molecule has 1 heterocycles. The van der Waals surface area contributed by atoms with E-state index in [2.05, 4.69) is 5.16 Å². The van der Waals surface area contributed by atoms with E-state index in [4.69, 9.17) is 9.57 Å². The standard InChI is InChI=1S/C7H13NO2/c1-7(2,3)10-6-4-5-9-8-6/h4-5H2,1-3H3. The van der Waals surface area contributed by atoms with Crippen LogP contribution in [-0.4, -0.2) is 18.1 Å². The molecule has 0 N–H and O–H groups in total. The van der Waals surface area contributed by atoms with Crippen LogP contribution in [0.2, 0.25) is 0 Å². The number of ether oxygens (including phenoxy) is 1. The lowest BCUT2D eigenvalue weighted by atomic mass is 10.2. The van der Waals surface area contributed by atoms with Crippen molar-refractivity contribution in [2.45, 2.75) is 32.8 Å². The van der Waals surface area contributed by atoms with E-state index in [0.29, 0.717) is 12.5 Å². The van der Waals surface area contributed by atoms with Gasteiger partial charge >= 0.3 is 0 Å². The van der Waals surface area contributed by atoms with Gasteiger partial charge in [-0.25, -0.2) is 0 Å². The van der Waals surface area contributed by atoms with E-state index in [9.17, 15) is 0 Å². The maximum atomic E-state index is 5.42. The third-order valence-corrected chi connectivity index (χ3v) is 0.998. The zero-order valence-electron chi connectivity index (χ0n) is 6.68. The van der Waals surface area contributed by atoms with Crippen molar-refractivity contribution in [3.8, 4) is 0 Å². The highest BCUT2D eigenvalue weighted by Crippen LogP contribution is 2.12. The molecule has 0 aliphatic carbocycles. The molecule has 3 heteroatoms. The van der Waals surface area contributed by atoms with Crippen LogP contribution in [-0.2, 0) is 9.57 Å². The fraction of sp³-hybridized carbons (Fsp3) is 0.857. The van der Waals surface area contributed by atoms with Crippen molar-refractivity contribution in [1.82, 2.24) is 0 Å². The lowest BCUT2D eigenvalue weighted by Gasteiger charge is -2.19. The number of hydrogen-bond donors (Lipinski definition) is 0. The third-order valence-electron chi connectivity index (χ3n) is 0.998. The minimum atomic E-state index is -0.146. The van der Waals surface area contributed by atoms with Crippen LogP contribution in [0.1, 0.15) is 27.2 Å². The molecule has 1 aliphatic heterocycles. The van der Waals surface area contributed by atoms with E-state index in [1.165, 1.54) is 0 Å². The topological polar surface area (TPSA) is 30.8 Å². The normalized spacial score (nSPS) is 18.1. The van der Waals surface area contributed by atoms with Gasteiger partial charge in [-0.1, -0.05) is 5.16 Å². The molecule has 1 rings (SSSR count). The average molecular weight is 143 g/mol. The summed E-state index contributed by atoms with van der Waals surface area (Å²) in [5.41, 5.74) is -0.146. The lowest BCUT2D eigenvalue weighted by Crippen LogP contribution is -2.22. The predicted molar refractivity (Wildman–Crippen MR) is 38.8 cm³/mol. The lowest BCUT2D eigenvalue weighted by molar-refractivity contribution is 0.109. The molecular formula is C7H13NO2. The number of rotatable bonds is 0. The third kappa shape index (κ3) is 2.25. The van der Waals surface area contributed by atoms with Crippen LogP contribution in [0.5, 0.6) is 0 Å². The fourth-order valence-corrected chi connectivity index (χ4v) is 0.719. The first-order valence-corrected chi connectivity index (χ1v) is 3.46. The molecule has 0 aromatic carbocycles. The summed E-state index contributed by atoms with van der Waals surface area (Å²) in [6, 6.07) is 0. The quantitative estimate of drug-likeness (QED) is 0.515. The predicted octanol–water partition coefficient (Wildman–Crippen LogP) is 1.54. The number of hydrogen-bond acceptors (Lipinski definition) is 3. The molecule has 0 atom stereocenters. The van der Waals surface area contributed by atoms with Gasteiger partial charge in [0.1, 0.15) is 12.2 Å². The Labute approximate surface area is 61.0 Å². The minimum absolute atomic E-state index is 0.146. The number of nitrogens with zero attached hydrogens (tertiary/aromatic N) is 1. The van der Waals surface area contributed by atoms with Crippen molar-refractivity contribution in [1.29, 1.82) is 0 Å². The highest BCUT2D eigenvalue weighted by molar-refractivity contribution is 5.76. The first-order chi connectivity index (χ1) is 4.58. The van der Waals surface area contributed by atoms with Gasteiger partial charge in [0.25, 0.3) is 0 Å². The monoisotopic (exact) mass is 143 g/mol. The molecule has 0 amide bonds. The van der Waals surface area contributed by atoms with Gasteiger partial charge in [0.2, 0.25) is 5.90 Å². The molecule has 0 unspecified atom stereocenters. The molecule has 1 aliphatic rings. The van der Waals surface area contributed by atoms with Gasteiger partial charge in [0.15, 0.2) is 0 Å². The van der Waals surface area contributed by atoms with E-state index >= 15 is 0 Å². The molecule has 0 spiro atoms. The van der Waals surface area contributed by atoms with Gasteiger partial charge in [0, 0.05) is 0 Å². The second-order valence-corrected chi connectivity index (χ2v) is 3.28. The maximum Gasteiger partial charge on any atom is 0.229 e. The van der Waals surface area contributed by atoms with Gasteiger partial charge < -0.3 is 9.57 Å². The van der Waals surface area contributed by atoms with Crippen molar-refractivity contribution >= 4 is 5.90 Å². The molecule has 0 aromatic rings. The molecule has 0 saturated carbocycles. The van der Waals surface area contributed by atoms with Gasteiger partial charge in [0.05, 0.1) is 6.42 Å². The molecule has 0 fully saturated rings. The minimum Gasteiger partial charge on any atom is -0.473 e. The van der Waals surface area contributed by atoms with Crippen molar-refractivity contribution < 1.29 is 9.57 Å². The maximum absolute atomic E-state index is 5.42. The van der Waals surface area contributed by atoms with Crippen LogP contribution >= 0.6 is 0 Å². The Morgan fingerprint density at radius 3 is 2.60 bits per heavy atom. The van der Waals surface area contributed by atoms with Crippen LogP contribution in [0.25, 0.3) is 0 Å². The van der Waals surface area contributed by atoms with E-state index in [0.717, 1.165) is 6.42 Å². The zero-order chi connectivity index (χ0) is 7.61. The van der Waals surface area contributed by atoms with Gasteiger partial charge in [-0.15, -0.1) is 0 Å². The summed E-state index contributed by atoms with van der Waals surface area (Å²) in [5.74, 6) is 0.715. The van der Waals surface area contributed by atoms with Crippen molar-refractivity contribution in [3.63, 3.8) is 0 Å². The van der Waals surface area contributed by atoms with E-state index < -0.39 is 0 Å². The Hall–Kier alpha value is -0.730. The summed E-state index contributed by atoms with van der Waals surface area (Å²) in [6.07, 6.45) is 0.803. The Morgan fingerprint density at radius 1 is 1.50 bits per heavy atom. The average Bonchev–Trinajstić information content (AvgIpc) is 2.12. The van der Waals surface area contributed by atoms with E-state index in [-0.39, 0.29) is 5.60 Å². The largest absolute Gasteiger partial charge is 0.473 e. The Balaban J connectivity index is 2.38. The fourth-order valence-electron chi connectivity index (χ4n) is 0.719. The van der Waals surface area contributed by atoms with Crippen LogP contribution in [0.3, 0.4) is 0 Å². The van der Waals surface area contributed by atoms with E-state index in [1.54, 1.807) is 0 Å². The SMILES string of the molecule is CC(C)(C)OC1=NOCC1. The molecular weight excluding hydrogens is 130 g/mol. The summed E-state index contributed by atoms with van der Waals surface area (Å²) in [7, 11) is 0. The molecule has 10 heavy (non-hydrogen) atoms. The first kappa shape index (κ1) is 7.38. The Kier molecular flexibility index (Phi) is 1.83. The van der Waals surface area contributed by atoms with Gasteiger partial charge in [-0.2, -0.15) is 0 Å². The van der Waals surface area contributed by atoms with Crippen LogP contribution in [0.15, 0.2) is 5.16 Å². The van der Waals surface area contributed by atoms with Crippen LogP contribution < -0.4 is 0 Å². The Morgan fingerprint density at radius 2 is 2.20 bits per heavy atom. The van der Waals surface area contributed by atoms with Crippen LogP contribution in [0, 0.1) is 0 Å². The molecule has 0 saturated heterocycles. The smallest absolute Gasteiger partial charge is 0.229 e. The molecule has 0 bridgehead atoms. The highest BCUT2D eigenvalue weighted by atomic mass is 16.7. The van der Waals surface area contributed by atoms with Crippen molar-refractivity contribution in [2.75, 3.05) is 6.61 Å². The van der Waals surface area contributed by atoms with Crippen molar-refractivity contribution in [2.24, 2.45) is 5.16 Å². The second kappa shape index (κ2) is 2.48. The molecule has 0 aromatic heterocycles. The Bertz CT molecular complexity index is 146. The molecule has 0 radical (unpaired) electrons.